The highest BCUT2D eigenvalue weighted by Crippen LogP contribution is 2.12. The van der Waals surface area contributed by atoms with Crippen molar-refractivity contribution < 1.29 is 9.18 Å². The fourth-order valence-corrected chi connectivity index (χ4v) is 1.55. The van der Waals surface area contributed by atoms with Gasteiger partial charge in [-0.2, -0.15) is 5.10 Å². The molecule has 0 aliphatic rings. The molecule has 2 rings (SSSR count). The van der Waals surface area contributed by atoms with E-state index in [0.29, 0.717) is 16.9 Å². The van der Waals surface area contributed by atoms with Gasteiger partial charge in [-0.1, -0.05) is 0 Å². The molecule has 0 radical (unpaired) electrons. The number of anilines is 1. The molecule has 0 aliphatic carbocycles. The predicted molar refractivity (Wildman–Crippen MR) is 62.3 cm³/mol. The van der Waals surface area contributed by atoms with E-state index in [1.54, 1.807) is 30.9 Å². The van der Waals surface area contributed by atoms with E-state index in [4.69, 9.17) is 0 Å². The predicted octanol–water partition coefficient (Wildman–Crippen LogP) is 2.12. The summed E-state index contributed by atoms with van der Waals surface area (Å²) in [5.41, 5.74) is 1.04. The summed E-state index contributed by atoms with van der Waals surface area (Å²) >= 11 is 0. The first-order valence-electron chi connectivity index (χ1n) is 5.13. The minimum atomic E-state index is -0.350. The van der Waals surface area contributed by atoms with Crippen molar-refractivity contribution in [1.82, 2.24) is 9.78 Å². The van der Waals surface area contributed by atoms with Gasteiger partial charge in [0.2, 0.25) is 0 Å². The van der Waals surface area contributed by atoms with Gasteiger partial charge in [-0.05, 0) is 30.7 Å². The number of nitrogens with one attached hydrogen (secondary N) is 1. The molecule has 1 amide bonds. The molecule has 1 aromatic carbocycles. The van der Waals surface area contributed by atoms with Crippen molar-refractivity contribution in [2.75, 3.05) is 5.32 Å². The van der Waals surface area contributed by atoms with E-state index in [1.807, 2.05) is 0 Å². The molecule has 88 valence electrons. The van der Waals surface area contributed by atoms with Crippen molar-refractivity contribution >= 4 is 11.7 Å². The quantitative estimate of drug-likeness (QED) is 0.863. The molecule has 1 heterocycles. The number of carbonyl (C=O) groups is 1. The third-order valence-corrected chi connectivity index (χ3v) is 2.39. The molecular formula is C12H12FN3O. The molecule has 4 nitrogen and oxygen atoms in total. The van der Waals surface area contributed by atoms with Crippen LogP contribution in [0.1, 0.15) is 15.9 Å². The number of carbonyl (C=O) groups excluding carboxylic acids is 1. The van der Waals surface area contributed by atoms with E-state index in [2.05, 4.69) is 10.4 Å². The minimum absolute atomic E-state index is 0.291. The fourth-order valence-electron chi connectivity index (χ4n) is 1.55. The molecule has 1 aromatic heterocycles. The van der Waals surface area contributed by atoms with Crippen LogP contribution in [0.3, 0.4) is 0 Å². The zero-order chi connectivity index (χ0) is 12.4. The van der Waals surface area contributed by atoms with Crippen molar-refractivity contribution in [3.05, 3.63) is 47.4 Å². The SMILES string of the molecule is Cc1cc(F)ccc1C(=O)Nc1ccn(C)n1. The third kappa shape index (κ3) is 2.50. The van der Waals surface area contributed by atoms with Crippen LogP contribution in [-0.2, 0) is 7.05 Å². The summed E-state index contributed by atoms with van der Waals surface area (Å²) in [6.45, 7) is 1.69. The third-order valence-electron chi connectivity index (χ3n) is 2.39. The Morgan fingerprint density at radius 1 is 1.41 bits per heavy atom. The van der Waals surface area contributed by atoms with Gasteiger partial charge in [-0.15, -0.1) is 0 Å². The number of hydrogen-bond donors (Lipinski definition) is 1. The van der Waals surface area contributed by atoms with Crippen molar-refractivity contribution in [2.45, 2.75) is 6.92 Å². The highest BCUT2D eigenvalue weighted by atomic mass is 19.1. The Balaban J connectivity index is 2.20. The lowest BCUT2D eigenvalue weighted by Gasteiger charge is -2.05. The van der Waals surface area contributed by atoms with Gasteiger partial charge in [0.05, 0.1) is 0 Å². The van der Waals surface area contributed by atoms with Crippen LogP contribution in [-0.4, -0.2) is 15.7 Å². The van der Waals surface area contributed by atoms with E-state index < -0.39 is 0 Å². The smallest absolute Gasteiger partial charge is 0.257 e. The molecule has 0 saturated heterocycles. The van der Waals surface area contributed by atoms with Crippen LogP contribution < -0.4 is 5.32 Å². The first-order valence-corrected chi connectivity index (χ1v) is 5.13. The van der Waals surface area contributed by atoms with Crippen LogP contribution in [0, 0.1) is 12.7 Å². The van der Waals surface area contributed by atoms with Gasteiger partial charge >= 0.3 is 0 Å². The van der Waals surface area contributed by atoms with Crippen LogP contribution >= 0.6 is 0 Å². The standard InChI is InChI=1S/C12H12FN3O/c1-8-7-9(13)3-4-10(8)12(17)14-11-5-6-16(2)15-11/h3-7H,1-2H3,(H,14,15,17). The van der Waals surface area contributed by atoms with Gasteiger partial charge in [0.15, 0.2) is 5.82 Å². The second kappa shape index (κ2) is 4.37. The van der Waals surface area contributed by atoms with E-state index in [-0.39, 0.29) is 11.7 Å². The zero-order valence-electron chi connectivity index (χ0n) is 9.57. The molecule has 0 unspecified atom stereocenters. The van der Waals surface area contributed by atoms with E-state index in [0.717, 1.165) is 0 Å². The first kappa shape index (κ1) is 11.3. The molecule has 0 spiro atoms. The molecule has 0 saturated carbocycles. The van der Waals surface area contributed by atoms with Crippen LogP contribution in [0.5, 0.6) is 0 Å². The highest BCUT2D eigenvalue weighted by molar-refractivity contribution is 6.04. The fraction of sp³-hybridized carbons (Fsp3) is 0.167. The molecule has 0 bridgehead atoms. The Labute approximate surface area is 98.1 Å². The van der Waals surface area contributed by atoms with Crippen molar-refractivity contribution in [2.24, 2.45) is 7.05 Å². The minimum Gasteiger partial charge on any atom is -0.305 e. The maximum atomic E-state index is 12.9. The van der Waals surface area contributed by atoms with Gasteiger partial charge in [0, 0.05) is 24.9 Å². The summed E-state index contributed by atoms with van der Waals surface area (Å²) in [6.07, 6.45) is 1.73. The Morgan fingerprint density at radius 2 is 2.18 bits per heavy atom. The van der Waals surface area contributed by atoms with Crippen LogP contribution in [0.15, 0.2) is 30.5 Å². The molecule has 5 heteroatoms. The topological polar surface area (TPSA) is 46.9 Å². The van der Waals surface area contributed by atoms with E-state index in [9.17, 15) is 9.18 Å². The van der Waals surface area contributed by atoms with Crippen LogP contribution in [0.25, 0.3) is 0 Å². The van der Waals surface area contributed by atoms with Crippen LogP contribution in [0.4, 0.5) is 10.2 Å². The van der Waals surface area contributed by atoms with Gasteiger partial charge in [0.25, 0.3) is 5.91 Å². The summed E-state index contributed by atoms with van der Waals surface area (Å²) in [5.74, 6) is -0.167. The number of benzene rings is 1. The van der Waals surface area contributed by atoms with E-state index >= 15 is 0 Å². The Kier molecular flexibility index (Phi) is 2.91. The number of rotatable bonds is 2. The van der Waals surface area contributed by atoms with Gasteiger partial charge in [-0.3, -0.25) is 9.48 Å². The summed E-state index contributed by atoms with van der Waals surface area (Å²) in [5, 5.41) is 6.68. The second-order valence-corrected chi connectivity index (χ2v) is 3.79. The number of amides is 1. The zero-order valence-corrected chi connectivity index (χ0v) is 9.57. The van der Waals surface area contributed by atoms with Crippen LogP contribution in [0.2, 0.25) is 0 Å². The van der Waals surface area contributed by atoms with Gasteiger partial charge < -0.3 is 5.32 Å². The van der Waals surface area contributed by atoms with Crippen molar-refractivity contribution in [3.8, 4) is 0 Å². The molecule has 2 aromatic rings. The monoisotopic (exact) mass is 233 g/mol. The van der Waals surface area contributed by atoms with Crippen molar-refractivity contribution in [3.63, 3.8) is 0 Å². The maximum absolute atomic E-state index is 12.9. The number of nitrogens with zero attached hydrogens (tertiary/aromatic N) is 2. The number of aryl methyl sites for hydroxylation is 2. The lowest BCUT2D eigenvalue weighted by atomic mass is 10.1. The molecule has 1 N–H and O–H groups in total. The molecule has 0 fully saturated rings. The number of hydrogen-bond acceptors (Lipinski definition) is 2. The largest absolute Gasteiger partial charge is 0.305 e. The number of halogens is 1. The molecule has 0 aliphatic heterocycles. The Hall–Kier alpha value is -2.17. The average molecular weight is 233 g/mol. The molecular weight excluding hydrogens is 221 g/mol. The Morgan fingerprint density at radius 3 is 2.76 bits per heavy atom. The number of aromatic nitrogens is 2. The van der Waals surface area contributed by atoms with Gasteiger partial charge in [0.1, 0.15) is 5.82 Å². The van der Waals surface area contributed by atoms with Gasteiger partial charge in [-0.25, -0.2) is 4.39 Å². The summed E-state index contributed by atoms with van der Waals surface area (Å²) in [6, 6.07) is 5.74. The summed E-state index contributed by atoms with van der Waals surface area (Å²) in [4.78, 5) is 11.9. The molecule has 0 atom stereocenters. The Bertz CT molecular complexity index is 563. The average Bonchev–Trinajstić information content (AvgIpc) is 2.63. The molecule has 17 heavy (non-hydrogen) atoms. The summed E-state index contributed by atoms with van der Waals surface area (Å²) < 4.78 is 14.5. The lowest BCUT2D eigenvalue weighted by molar-refractivity contribution is 0.102. The normalized spacial score (nSPS) is 10.3. The first-order chi connectivity index (χ1) is 8.06. The van der Waals surface area contributed by atoms with Crippen molar-refractivity contribution in [1.29, 1.82) is 0 Å². The maximum Gasteiger partial charge on any atom is 0.257 e. The van der Waals surface area contributed by atoms with E-state index in [1.165, 1.54) is 18.2 Å². The summed E-state index contributed by atoms with van der Waals surface area (Å²) in [7, 11) is 1.76. The second-order valence-electron chi connectivity index (χ2n) is 3.79. The highest BCUT2D eigenvalue weighted by Gasteiger charge is 2.10. The lowest BCUT2D eigenvalue weighted by Crippen LogP contribution is -2.14.